The van der Waals surface area contributed by atoms with Gasteiger partial charge in [-0.1, -0.05) is 35.9 Å². The number of thiophene rings is 1. The summed E-state index contributed by atoms with van der Waals surface area (Å²) in [6.45, 7) is 3.97. The van der Waals surface area contributed by atoms with E-state index in [-0.39, 0.29) is 30.0 Å². The van der Waals surface area contributed by atoms with Gasteiger partial charge in [0.2, 0.25) is 5.91 Å². The van der Waals surface area contributed by atoms with Crippen LogP contribution in [-0.2, 0) is 14.6 Å². The molecule has 0 radical (unpaired) electrons. The maximum absolute atomic E-state index is 12.4. The monoisotopic (exact) mass is 392 g/mol. The highest BCUT2D eigenvalue weighted by molar-refractivity contribution is 7.91. The van der Waals surface area contributed by atoms with E-state index in [1.807, 2.05) is 24.4 Å². The molecule has 2 aromatic rings. The first-order chi connectivity index (χ1) is 12.3. The van der Waals surface area contributed by atoms with E-state index in [2.05, 4.69) is 34.9 Å². The molecule has 140 valence electrons. The maximum Gasteiger partial charge on any atom is 0.234 e. The van der Waals surface area contributed by atoms with E-state index in [1.54, 1.807) is 18.3 Å². The first-order valence-electron chi connectivity index (χ1n) is 8.61. The van der Waals surface area contributed by atoms with Crippen molar-refractivity contribution in [2.75, 3.05) is 18.1 Å². The highest BCUT2D eigenvalue weighted by atomic mass is 32.2. The zero-order valence-corrected chi connectivity index (χ0v) is 16.6. The minimum Gasteiger partial charge on any atom is -0.349 e. The van der Waals surface area contributed by atoms with Crippen molar-refractivity contribution in [1.82, 2.24) is 10.6 Å². The molecule has 0 aliphatic carbocycles. The van der Waals surface area contributed by atoms with Crippen molar-refractivity contribution in [2.45, 2.75) is 31.8 Å². The number of sulfone groups is 1. The molecule has 3 rings (SSSR count). The third kappa shape index (κ3) is 4.72. The van der Waals surface area contributed by atoms with Crippen molar-refractivity contribution in [2.24, 2.45) is 0 Å². The molecule has 2 N–H and O–H groups in total. The summed E-state index contributed by atoms with van der Waals surface area (Å²) in [6.07, 6.45) is 0.466. The molecule has 26 heavy (non-hydrogen) atoms. The van der Waals surface area contributed by atoms with E-state index in [0.717, 1.165) is 10.4 Å². The molecule has 1 aromatic carbocycles. The van der Waals surface area contributed by atoms with Gasteiger partial charge in [0.25, 0.3) is 0 Å². The molecule has 0 unspecified atom stereocenters. The topological polar surface area (TPSA) is 75.3 Å². The predicted octanol–water partition coefficient (Wildman–Crippen LogP) is 2.43. The number of carbonyl (C=O) groups excluding carboxylic acids is 1. The molecular formula is C19H24N2O3S2. The van der Waals surface area contributed by atoms with Crippen molar-refractivity contribution >= 4 is 27.1 Å². The molecule has 1 amide bonds. The first-order valence-corrected chi connectivity index (χ1v) is 11.3. The number of hydrogen-bond acceptors (Lipinski definition) is 5. The second-order valence-corrected chi connectivity index (χ2v) is 10.4. The predicted molar refractivity (Wildman–Crippen MR) is 105 cm³/mol. The van der Waals surface area contributed by atoms with Crippen LogP contribution in [0.2, 0.25) is 0 Å². The van der Waals surface area contributed by atoms with Crippen LogP contribution in [0.25, 0.3) is 0 Å². The molecule has 1 fully saturated rings. The summed E-state index contributed by atoms with van der Waals surface area (Å²) in [6, 6.07) is 12.2. The average molecular weight is 393 g/mol. The molecule has 5 nitrogen and oxygen atoms in total. The number of benzene rings is 1. The summed E-state index contributed by atoms with van der Waals surface area (Å²) in [7, 11) is -3.05. The Hall–Kier alpha value is -1.70. The molecule has 1 aliphatic rings. The van der Waals surface area contributed by atoms with Crippen LogP contribution >= 0.6 is 11.3 Å². The second kappa shape index (κ2) is 7.50. The Morgan fingerprint density at radius 3 is 2.58 bits per heavy atom. The number of amides is 1. The van der Waals surface area contributed by atoms with Crippen LogP contribution in [0.1, 0.15) is 35.4 Å². The van der Waals surface area contributed by atoms with Gasteiger partial charge in [-0.3, -0.25) is 10.1 Å². The van der Waals surface area contributed by atoms with E-state index >= 15 is 0 Å². The van der Waals surface area contributed by atoms with Gasteiger partial charge >= 0.3 is 0 Å². The Morgan fingerprint density at radius 2 is 2.00 bits per heavy atom. The van der Waals surface area contributed by atoms with Gasteiger partial charge in [0.15, 0.2) is 9.84 Å². The van der Waals surface area contributed by atoms with Gasteiger partial charge < -0.3 is 5.32 Å². The van der Waals surface area contributed by atoms with Crippen molar-refractivity contribution in [3.05, 3.63) is 57.8 Å². The summed E-state index contributed by atoms with van der Waals surface area (Å²) in [5.41, 5.74) is 1.62. The number of aryl methyl sites for hydroxylation is 1. The maximum atomic E-state index is 12.4. The standard InChI is InChI=1S/C19H24N2O3S2/c1-14-5-7-15(8-6-14)18(16-4-3-10-25-16)20-12-17(22)21-19(2)9-11-26(23,24)13-19/h3-8,10,18,20H,9,11-13H2,1-2H3,(H,21,22)/t18-,19-/m0/s1. The Kier molecular flexibility index (Phi) is 5.50. The quantitative estimate of drug-likeness (QED) is 0.792. The summed E-state index contributed by atoms with van der Waals surface area (Å²) in [5, 5.41) is 8.23. The molecule has 0 saturated carbocycles. The fourth-order valence-corrected chi connectivity index (χ4v) is 6.20. The summed E-state index contributed by atoms with van der Waals surface area (Å²) < 4.78 is 23.4. The van der Waals surface area contributed by atoms with Crippen LogP contribution in [0, 0.1) is 6.92 Å². The highest BCUT2D eigenvalue weighted by Crippen LogP contribution is 2.26. The second-order valence-electron chi connectivity index (χ2n) is 7.19. The molecule has 2 heterocycles. The lowest BCUT2D eigenvalue weighted by Crippen LogP contribution is -2.50. The number of carbonyl (C=O) groups is 1. The van der Waals surface area contributed by atoms with Crippen molar-refractivity contribution in [1.29, 1.82) is 0 Å². The minimum atomic E-state index is -3.05. The lowest BCUT2D eigenvalue weighted by molar-refractivity contribution is -0.121. The van der Waals surface area contributed by atoms with Crippen LogP contribution in [-0.4, -0.2) is 37.9 Å². The van der Waals surface area contributed by atoms with Gasteiger partial charge in [0.05, 0.1) is 29.6 Å². The van der Waals surface area contributed by atoms with Gasteiger partial charge in [0, 0.05) is 4.88 Å². The van der Waals surface area contributed by atoms with Crippen molar-refractivity contribution in [3.8, 4) is 0 Å². The fraction of sp³-hybridized carbons (Fsp3) is 0.421. The van der Waals surface area contributed by atoms with E-state index in [4.69, 9.17) is 0 Å². The number of hydrogen-bond donors (Lipinski definition) is 2. The molecule has 1 saturated heterocycles. The lowest BCUT2D eigenvalue weighted by atomic mass is 10.0. The van der Waals surface area contributed by atoms with E-state index in [0.29, 0.717) is 6.42 Å². The Labute approximate surface area is 158 Å². The van der Waals surface area contributed by atoms with Gasteiger partial charge in [-0.05, 0) is 37.3 Å². The van der Waals surface area contributed by atoms with Crippen LogP contribution in [0.15, 0.2) is 41.8 Å². The average Bonchev–Trinajstić information content (AvgIpc) is 3.17. The van der Waals surface area contributed by atoms with E-state index < -0.39 is 15.4 Å². The normalized spacial score (nSPS) is 22.8. The van der Waals surface area contributed by atoms with E-state index in [1.165, 1.54) is 5.56 Å². The summed E-state index contributed by atoms with van der Waals surface area (Å²) >= 11 is 1.64. The molecular weight excluding hydrogens is 368 g/mol. The Bertz CT molecular complexity index is 861. The first kappa shape index (κ1) is 19.1. The molecule has 1 aromatic heterocycles. The van der Waals surface area contributed by atoms with Crippen molar-refractivity contribution < 1.29 is 13.2 Å². The summed E-state index contributed by atoms with van der Waals surface area (Å²) in [5.74, 6) is -0.0329. The zero-order chi connectivity index (χ0) is 18.8. The molecule has 1 aliphatic heterocycles. The number of rotatable bonds is 6. The van der Waals surface area contributed by atoms with Crippen LogP contribution in [0.3, 0.4) is 0 Å². The van der Waals surface area contributed by atoms with Gasteiger partial charge in [-0.2, -0.15) is 0 Å². The van der Waals surface area contributed by atoms with Gasteiger partial charge in [-0.25, -0.2) is 8.42 Å². The largest absolute Gasteiger partial charge is 0.349 e. The minimum absolute atomic E-state index is 0.0120. The third-order valence-corrected chi connectivity index (χ3v) is 7.49. The Balaban J connectivity index is 1.66. The third-order valence-electron chi connectivity index (χ3n) is 4.65. The Morgan fingerprint density at radius 1 is 1.27 bits per heavy atom. The highest BCUT2D eigenvalue weighted by Gasteiger charge is 2.39. The van der Waals surface area contributed by atoms with Gasteiger partial charge in [-0.15, -0.1) is 11.3 Å². The SMILES string of the molecule is Cc1ccc([C@H](NCC(=O)N[C@@]2(C)CCS(=O)(=O)C2)c2cccs2)cc1. The van der Waals surface area contributed by atoms with Crippen LogP contribution in [0.4, 0.5) is 0 Å². The van der Waals surface area contributed by atoms with E-state index in [9.17, 15) is 13.2 Å². The molecule has 0 bridgehead atoms. The lowest BCUT2D eigenvalue weighted by Gasteiger charge is -2.25. The van der Waals surface area contributed by atoms with Gasteiger partial charge in [0.1, 0.15) is 0 Å². The summed E-state index contributed by atoms with van der Waals surface area (Å²) in [4.78, 5) is 13.5. The molecule has 2 atom stereocenters. The smallest absolute Gasteiger partial charge is 0.234 e. The zero-order valence-electron chi connectivity index (χ0n) is 15.0. The molecule has 0 spiro atoms. The van der Waals surface area contributed by atoms with Crippen LogP contribution in [0.5, 0.6) is 0 Å². The fourth-order valence-electron chi connectivity index (χ4n) is 3.28. The number of nitrogens with one attached hydrogen (secondary N) is 2. The van der Waals surface area contributed by atoms with Crippen LogP contribution < -0.4 is 10.6 Å². The van der Waals surface area contributed by atoms with Crippen molar-refractivity contribution in [3.63, 3.8) is 0 Å². The molecule has 7 heteroatoms.